The van der Waals surface area contributed by atoms with E-state index in [1.807, 2.05) is 13.8 Å². The number of anilines is 1. The molecule has 1 amide bonds. The van der Waals surface area contributed by atoms with Crippen LogP contribution >= 0.6 is 12.4 Å². The van der Waals surface area contributed by atoms with Crippen molar-refractivity contribution in [1.29, 1.82) is 0 Å². The molecule has 0 saturated carbocycles. The lowest BCUT2D eigenvalue weighted by molar-refractivity contribution is -0.148. The van der Waals surface area contributed by atoms with Gasteiger partial charge in [0.05, 0.1) is 11.6 Å². The molecule has 0 radical (unpaired) electrons. The Hall–Kier alpha value is -3.08. The average molecular weight is 522 g/mol. The molecule has 1 aromatic rings. The maximum absolute atomic E-state index is 13.7. The van der Waals surface area contributed by atoms with E-state index in [1.165, 1.54) is 11.0 Å². The number of rotatable bonds is 5. The van der Waals surface area contributed by atoms with Gasteiger partial charge in [-0.1, -0.05) is 0 Å². The van der Waals surface area contributed by atoms with Crippen LogP contribution in [-0.4, -0.2) is 81.6 Å². The monoisotopic (exact) mass is 521 g/mol. The van der Waals surface area contributed by atoms with Crippen LogP contribution in [0.5, 0.6) is 5.75 Å². The average Bonchev–Trinajstić information content (AvgIpc) is 2.78. The highest BCUT2D eigenvalue weighted by atomic mass is 35.5. The van der Waals surface area contributed by atoms with E-state index in [1.54, 1.807) is 20.2 Å². The molecule has 0 bridgehead atoms. The van der Waals surface area contributed by atoms with Crippen molar-refractivity contribution in [2.45, 2.75) is 38.3 Å². The number of nitrogens with zero attached hydrogens (tertiary/aromatic N) is 2. The molecule has 36 heavy (non-hydrogen) atoms. The summed E-state index contributed by atoms with van der Waals surface area (Å²) < 4.78 is 0. The first-order chi connectivity index (χ1) is 16.4. The standard InChI is InChI=1S/C25H31N3O7.ClH/c1-5-28(6-2)14-7-8-15(29)17-12(14)9-11-10-13-19(27(3)4)21(31)18(24(26)34)23(33)25(13,35)22(32)16(11)20(17)30;/h7-8,11,13,19,29,31-32,35H,5-6,9-10H2,1-4H3,(H2,26,34);1H/t11?,13?,19-,25-;/m0./s1. The molecule has 4 atom stereocenters. The van der Waals surface area contributed by atoms with E-state index < -0.39 is 58.0 Å². The SMILES string of the molecule is CCN(CC)c1ccc(O)c2c1CC1CC3[C@H](N(C)C)C(O)=C(C(N)=O)C(=O)[C@@]3(O)C(O)=C1C2=O.Cl. The zero-order valence-corrected chi connectivity index (χ0v) is 21.4. The zero-order chi connectivity index (χ0) is 26.0. The molecule has 0 fully saturated rings. The molecule has 0 spiro atoms. The van der Waals surface area contributed by atoms with E-state index in [2.05, 4.69) is 4.90 Å². The minimum Gasteiger partial charge on any atom is -0.510 e. The van der Waals surface area contributed by atoms with Gasteiger partial charge in [-0.05, 0) is 64.4 Å². The van der Waals surface area contributed by atoms with Gasteiger partial charge in [-0.2, -0.15) is 0 Å². The highest BCUT2D eigenvalue weighted by molar-refractivity contribution is 6.24. The largest absolute Gasteiger partial charge is 0.510 e. The Kier molecular flexibility index (Phi) is 7.20. The van der Waals surface area contributed by atoms with E-state index >= 15 is 0 Å². The Morgan fingerprint density at radius 3 is 2.28 bits per heavy atom. The van der Waals surface area contributed by atoms with Gasteiger partial charge in [0.15, 0.2) is 11.4 Å². The summed E-state index contributed by atoms with van der Waals surface area (Å²) in [5.41, 5.74) is 3.19. The molecule has 0 aromatic heterocycles. The second-order valence-corrected chi connectivity index (χ2v) is 9.59. The number of amides is 1. The number of primary amides is 1. The Morgan fingerprint density at radius 2 is 1.75 bits per heavy atom. The summed E-state index contributed by atoms with van der Waals surface area (Å²) in [6, 6.07) is 2.16. The zero-order valence-electron chi connectivity index (χ0n) is 20.6. The van der Waals surface area contributed by atoms with Gasteiger partial charge in [0, 0.05) is 30.3 Å². The van der Waals surface area contributed by atoms with Crippen molar-refractivity contribution in [2.75, 3.05) is 32.1 Å². The van der Waals surface area contributed by atoms with Gasteiger partial charge in [-0.25, -0.2) is 0 Å². The van der Waals surface area contributed by atoms with Crippen LogP contribution in [0.15, 0.2) is 34.8 Å². The number of aliphatic hydroxyl groups excluding tert-OH is 2. The van der Waals surface area contributed by atoms with Gasteiger partial charge in [0.25, 0.3) is 5.91 Å². The van der Waals surface area contributed by atoms with E-state index in [4.69, 9.17) is 5.73 Å². The van der Waals surface area contributed by atoms with Crippen LogP contribution in [-0.2, 0) is 16.0 Å². The van der Waals surface area contributed by atoms with Crippen LogP contribution in [0.4, 0.5) is 5.69 Å². The van der Waals surface area contributed by atoms with Crippen molar-refractivity contribution in [3.8, 4) is 5.75 Å². The van der Waals surface area contributed by atoms with Crippen molar-refractivity contribution >= 4 is 35.6 Å². The molecule has 0 aliphatic heterocycles. The van der Waals surface area contributed by atoms with Gasteiger partial charge in [0.1, 0.15) is 22.8 Å². The van der Waals surface area contributed by atoms with Crippen LogP contribution in [0.2, 0.25) is 0 Å². The smallest absolute Gasteiger partial charge is 0.255 e. The molecule has 0 heterocycles. The lowest BCUT2D eigenvalue weighted by Crippen LogP contribution is -2.63. The van der Waals surface area contributed by atoms with Crippen LogP contribution in [0, 0.1) is 11.8 Å². The molecular formula is C25H32ClN3O7. The lowest BCUT2D eigenvalue weighted by atomic mass is 9.58. The fourth-order valence-electron chi connectivity index (χ4n) is 6.09. The van der Waals surface area contributed by atoms with Gasteiger partial charge < -0.3 is 31.1 Å². The number of likely N-dealkylation sites (N-methyl/N-ethyl adjacent to an activating group) is 1. The third-order valence-corrected chi connectivity index (χ3v) is 7.69. The number of hydrogen-bond donors (Lipinski definition) is 5. The number of carbonyl (C=O) groups is 3. The number of phenols is 1. The predicted octanol–water partition coefficient (Wildman–Crippen LogP) is 1.39. The summed E-state index contributed by atoms with van der Waals surface area (Å²) in [4.78, 5) is 42.6. The van der Waals surface area contributed by atoms with E-state index in [9.17, 15) is 34.8 Å². The first-order valence-electron chi connectivity index (χ1n) is 11.7. The van der Waals surface area contributed by atoms with E-state index in [-0.39, 0.29) is 42.1 Å². The number of nitrogens with two attached hydrogens (primary N) is 1. The van der Waals surface area contributed by atoms with Gasteiger partial charge in [-0.3, -0.25) is 19.3 Å². The third kappa shape index (κ3) is 3.58. The Balaban J connectivity index is 0.00000361. The minimum atomic E-state index is -2.63. The maximum atomic E-state index is 13.7. The summed E-state index contributed by atoms with van der Waals surface area (Å²) >= 11 is 0. The number of fused-ring (bicyclic) bond motifs is 3. The number of aliphatic hydroxyl groups is 3. The molecule has 0 saturated heterocycles. The molecule has 2 unspecified atom stereocenters. The number of ketones is 2. The van der Waals surface area contributed by atoms with Crippen molar-refractivity contribution in [1.82, 2.24) is 4.90 Å². The first kappa shape index (κ1) is 27.5. The van der Waals surface area contributed by atoms with Gasteiger partial charge in [0.2, 0.25) is 5.78 Å². The Bertz CT molecular complexity index is 1200. The summed E-state index contributed by atoms with van der Waals surface area (Å²) in [6.07, 6.45) is 0.341. The van der Waals surface area contributed by atoms with Crippen molar-refractivity contribution in [3.63, 3.8) is 0 Å². The highest BCUT2D eigenvalue weighted by Gasteiger charge is 2.63. The number of phenolic OH excluding ortho intramolecular Hbond substituents is 1. The molecule has 11 heteroatoms. The summed E-state index contributed by atoms with van der Waals surface area (Å²) in [7, 11) is 3.20. The number of allylic oxidation sites excluding steroid dienone is 1. The van der Waals surface area contributed by atoms with Crippen LogP contribution in [0.3, 0.4) is 0 Å². The Morgan fingerprint density at radius 1 is 1.14 bits per heavy atom. The molecule has 196 valence electrons. The maximum Gasteiger partial charge on any atom is 0.255 e. The molecular weight excluding hydrogens is 490 g/mol. The fraction of sp³-hybridized carbons (Fsp3) is 0.480. The number of aromatic hydroxyl groups is 1. The summed E-state index contributed by atoms with van der Waals surface area (Å²) in [6.45, 7) is 5.31. The molecule has 6 N–H and O–H groups in total. The third-order valence-electron chi connectivity index (χ3n) is 7.69. The number of halogens is 1. The van der Waals surface area contributed by atoms with Crippen LogP contribution < -0.4 is 10.6 Å². The van der Waals surface area contributed by atoms with Crippen LogP contribution in [0.1, 0.15) is 36.2 Å². The molecule has 3 aliphatic rings. The topological polar surface area (TPSA) is 165 Å². The normalized spacial score (nSPS) is 27.3. The lowest BCUT2D eigenvalue weighted by Gasteiger charge is -2.50. The van der Waals surface area contributed by atoms with Crippen LogP contribution in [0.25, 0.3) is 0 Å². The number of hydrogen-bond acceptors (Lipinski definition) is 9. The molecule has 4 rings (SSSR count). The number of Topliss-reactive ketones (excluding diaryl/α,β-unsaturated/α-hetero) is 2. The number of carbonyl (C=O) groups excluding carboxylic acids is 3. The van der Waals surface area contributed by atoms with Crippen molar-refractivity contribution in [2.24, 2.45) is 17.6 Å². The van der Waals surface area contributed by atoms with Gasteiger partial charge >= 0.3 is 0 Å². The quantitative estimate of drug-likeness (QED) is 0.360. The molecule has 10 nitrogen and oxygen atoms in total. The van der Waals surface area contributed by atoms with Gasteiger partial charge in [-0.15, -0.1) is 12.4 Å². The minimum absolute atomic E-state index is 0. The van der Waals surface area contributed by atoms with Crippen molar-refractivity contribution in [3.05, 3.63) is 45.9 Å². The number of benzene rings is 1. The summed E-state index contributed by atoms with van der Waals surface area (Å²) in [5.74, 6) is -6.49. The summed E-state index contributed by atoms with van der Waals surface area (Å²) in [5, 5.41) is 44.3. The predicted molar refractivity (Wildman–Crippen MR) is 134 cm³/mol. The van der Waals surface area contributed by atoms with Crippen molar-refractivity contribution < 1.29 is 34.8 Å². The van der Waals surface area contributed by atoms with E-state index in [0.717, 1.165) is 5.69 Å². The second-order valence-electron chi connectivity index (χ2n) is 9.59. The fourth-order valence-corrected chi connectivity index (χ4v) is 6.09. The second kappa shape index (κ2) is 9.42. The molecule has 3 aliphatic carbocycles. The highest BCUT2D eigenvalue weighted by Crippen LogP contribution is 2.53. The Labute approximate surface area is 215 Å². The first-order valence-corrected chi connectivity index (χ1v) is 11.7. The molecule has 1 aromatic carbocycles. The van der Waals surface area contributed by atoms with E-state index in [0.29, 0.717) is 18.7 Å².